The van der Waals surface area contributed by atoms with Crippen LogP contribution in [0.5, 0.6) is 11.5 Å². The van der Waals surface area contributed by atoms with E-state index in [4.69, 9.17) is 18.6 Å². The van der Waals surface area contributed by atoms with Crippen molar-refractivity contribution >= 4 is 11.0 Å². The smallest absolute Gasteiger partial charge is 0.200 e. The molecule has 0 spiro atoms. The Kier molecular flexibility index (Phi) is 7.37. The van der Waals surface area contributed by atoms with Crippen molar-refractivity contribution in [3.63, 3.8) is 0 Å². The summed E-state index contributed by atoms with van der Waals surface area (Å²) in [7, 11) is 0. The van der Waals surface area contributed by atoms with E-state index in [1.54, 1.807) is 0 Å². The molecule has 2 aromatic carbocycles. The predicted octanol–water partition coefficient (Wildman–Crippen LogP) is -1.15. The highest BCUT2D eigenvalue weighted by Crippen LogP contribution is 2.41. The molecular weight excluding hydrogens is 520 g/mol. The summed E-state index contributed by atoms with van der Waals surface area (Å²) in [5.41, 5.74) is -2.07. The topological polar surface area (TPSA) is 220 Å². The summed E-state index contributed by atoms with van der Waals surface area (Å²) in [5, 5.41) is 81.7. The standard InChI is InChI=1S/C26H28O13/c27-9-26(35)10-38-25(24(26)34)37-8-16-19(31)20(32)21(33)23(39-16)17-15(29)6-5-13-18(30)14(7-36-22(13)17)11-1-3-12(28)4-2-11/h1-7,16,19-21,23-25,27-29,31-35H,8-10H2. The fourth-order valence-electron chi connectivity index (χ4n) is 4.78. The number of benzene rings is 2. The Labute approximate surface area is 220 Å². The molecule has 0 amide bonds. The van der Waals surface area contributed by atoms with Crippen LogP contribution in [0.25, 0.3) is 22.1 Å². The summed E-state index contributed by atoms with van der Waals surface area (Å²) in [5.74, 6) is -0.408. The Hall–Kier alpha value is -3.11. The average Bonchev–Trinajstić information content (AvgIpc) is 3.22. The third kappa shape index (κ3) is 4.78. The van der Waals surface area contributed by atoms with Crippen LogP contribution in [0.1, 0.15) is 11.7 Å². The van der Waals surface area contributed by atoms with Crippen LogP contribution in [-0.4, -0.2) is 103 Å². The Morgan fingerprint density at radius 3 is 2.36 bits per heavy atom. The molecule has 3 aromatic rings. The van der Waals surface area contributed by atoms with Gasteiger partial charge in [0, 0.05) is 0 Å². The number of phenols is 2. The lowest BCUT2D eigenvalue weighted by molar-refractivity contribution is -0.252. The lowest BCUT2D eigenvalue weighted by Crippen LogP contribution is -2.56. The summed E-state index contributed by atoms with van der Waals surface area (Å²) in [6.45, 7) is -1.70. The van der Waals surface area contributed by atoms with Crippen molar-refractivity contribution in [3.8, 4) is 22.6 Å². The van der Waals surface area contributed by atoms with Crippen molar-refractivity contribution in [1.82, 2.24) is 0 Å². The number of rotatable bonds is 6. The first-order chi connectivity index (χ1) is 18.6. The highest BCUT2D eigenvalue weighted by atomic mass is 16.7. The van der Waals surface area contributed by atoms with Gasteiger partial charge >= 0.3 is 0 Å². The van der Waals surface area contributed by atoms with Gasteiger partial charge in [-0.15, -0.1) is 0 Å². The van der Waals surface area contributed by atoms with E-state index < -0.39 is 79.5 Å². The molecule has 2 aliphatic heterocycles. The van der Waals surface area contributed by atoms with E-state index in [1.165, 1.54) is 36.4 Å². The third-order valence-electron chi connectivity index (χ3n) is 7.14. The van der Waals surface area contributed by atoms with Gasteiger partial charge in [0.15, 0.2) is 6.29 Å². The van der Waals surface area contributed by atoms with Gasteiger partial charge in [-0.3, -0.25) is 4.79 Å². The Bertz CT molecular complexity index is 1390. The van der Waals surface area contributed by atoms with Crippen molar-refractivity contribution in [2.75, 3.05) is 19.8 Å². The lowest BCUT2D eigenvalue weighted by atomic mass is 9.89. The maximum absolute atomic E-state index is 13.3. The highest BCUT2D eigenvalue weighted by Gasteiger charge is 2.50. The van der Waals surface area contributed by atoms with Gasteiger partial charge in [0.05, 0.1) is 36.3 Å². The van der Waals surface area contributed by atoms with Crippen molar-refractivity contribution < 1.29 is 59.5 Å². The van der Waals surface area contributed by atoms with E-state index in [2.05, 4.69) is 0 Å². The third-order valence-corrected chi connectivity index (χ3v) is 7.14. The number of hydrogen-bond acceptors (Lipinski definition) is 13. The summed E-state index contributed by atoms with van der Waals surface area (Å²) < 4.78 is 22.1. The Morgan fingerprint density at radius 2 is 1.69 bits per heavy atom. The zero-order chi connectivity index (χ0) is 28.1. The molecule has 3 heterocycles. The normalized spacial score (nSPS) is 33.0. The molecular formula is C26H28O13. The van der Waals surface area contributed by atoms with Crippen LogP contribution in [0.15, 0.2) is 51.9 Å². The maximum atomic E-state index is 13.3. The number of hydrogen-bond donors (Lipinski definition) is 8. The Morgan fingerprint density at radius 1 is 0.974 bits per heavy atom. The fraction of sp³-hybridized carbons (Fsp3) is 0.423. The minimum absolute atomic E-state index is 0.0110. The number of fused-ring (bicyclic) bond motifs is 1. The van der Waals surface area contributed by atoms with Crippen LogP contribution >= 0.6 is 0 Å². The molecule has 13 heteroatoms. The molecule has 39 heavy (non-hydrogen) atoms. The zero-order valence-electron chi connectivity index (χ0n) is 20.3. The van der Waals surface area contributed by atoms with Crippen LogP contribution in [0, 0.1) is 0 Å². The van der Waals surface area contributed by atoms with E-state index in [9.17, 15) is 45.6 Å². The molecule has 5 rings (SSSR count). The van der Waals surface area contributed by atoms with E-state index in [1.807, 2.05) is 0 Å². The zero-order valence-corrected chi connectivity index (χ0v) is 20.3. The molecule has 0 saturated carbocycles. The van der Waals surface area contributed by atoms with Crippen molar-refractivity contribution in [2.45, 2.75) is 48.5 Å². The van der Waals surface area contributed by atoms with Gasteiger partial charge in [-0.2, -0.15) is 0 Å². The maximum Gasteiger partial charge on any atom is 0.200 e. The Balaban J connectivity index is 1.46. The second-order valence-electron chi connectivity index (χ2n) is 9.69. The molecule has 2 fully saturated rings. The number of aliphatic hydroxyl groups excluding tert-OH is 5. The van der Waals surface area contributed by atoms with Gasteiger partial charge in [0.2, 0.25) is 5.43 Å². The van der Waals surface area contributed by atoms with E-state index in [0.717, 1.165) is 6.26 Å². The van der Waals surface area contributed by atoms with Crippen LogP contribution in [0.2, 0.25) is 0 Å². The first kappa shape index (κ1) is 27.5. The molecule has 2 saturated heterocycles. The molecule has 13 nitrogen and oxygen atoms in total. The predicted molar refractivity (Wildman–Crippen MR) is 131 cm³/mol. The van der Waals surface area contributed by atoms with Crippen molar-refractivity contribution in [3.05, 3.63) is 58.4 Å². The summed E-state index contributed by atoms with van der Waals surface area (Å²) in [6.07, 6.45) is -9.88. The van der Waals surface area contributed by atoms with Gasteiger partial charge in [-0.1, -0.05) is 12.1 Å². The van der Waals surface area contributed by atoms with Gasteiger partial charge in [0.25, 0.3) is 0 Å². The van der Waals surface area contributed by atoms with Crippen LogP contribution in [-0.2, 0) is 14.2 Å². The number of ether oxygens (including phenoxy) is 3. The quantitative estimate of drug-likeness (QED) is 0.183. The van der Waals surface area contributed by atoms with Gasteiger partial charge in [0.1, 0.15) is 65.6 Å². The number of phenolic OH excluding ortho intramolecular Hbond substituents is 2. The summed E-state index contributed by atoms with van der Waals surface area (Å²) >= 11 is 0. The molecule has 8 N–H and O–H groups in total. The SMILES string of the molecule is O=c1c(-c2ccc(O)cc2)coc2c(C3OC(COC4OCC(O)(CO)C4O)C(O)C(O)C3O)c(O)ccc12. The van der Waals surface area contributed by atoms with Gasteiger partial charge in [-0.05, 0) is 29.8 Å². The number of aromatic hydroxyl groups is 2. The van der Waals surface area contributed by atoms with Crippen LogP contribution in [0.4, 0.5) is 0 Å². The molecule has 0 bridgehead atoms. The van der Waals surface area contributed by atoms with Gasteiger partial charge < -0.3 is 59.5 Å². The minimum Gasteiger partial charge on any atom is -0.508 e. The second kappa shape index (κ2) is 10.5. The molecule has 0 aliphatic carbocycles. The highest BCUT2D eigenvalue weighted by molar-refractivity contribution is 5.86. The molecule has 8 unspecified atom stereocenters. The fourth-order valence-corrected chi connectivity index (χ4v) is 4.78. The summed E-state index contributed by atoms with van der Waals surface area (Å²) in [4.78, 5) is 13.3. The second-order valence-corrected chi connectivity index (χ2v) is 9.69. The molecule has 8 atom stereocenters. The molecule has 210 valence electrons. The number of aliphatic hydroxyl groups is 6. The van der Waals surface area contributed by atoms with Crippen LogP contribution in [0.3, 0.4) is 0 Å². The van der Waals surface area contributed by atoms with Crippen molar-refractivity contribution in [1.29, 1.82) is 0 Å². The van der Waals surface area contributed by atoms with E-state index >= 15 is 0 Å². The lowest BCUT2D eigenvalue weighted by Gasteiger charge is -2.41. The van der Waals surface area contributed by atoms with Crippen LogP contribution < -0.4 is 5.43 Å². The monoisotopic (exact) mass is 548 g/mol. The minimum atomic E-state index is -1.94. The molecule has 1 aromatic heterocycles. The van der Waals surface area contributed by atoms with Gasteiger partial charge in [-0.25, -0.2) is 0 Å². The summed E-state index contributed by atoms with van der Waals surface area (Å²) in [6, 6.07) is 8.39. The van der Waals surface area contributed by atoms with E-state index in [0.29, 0.717) is 5.56 Å². The average molecular weight is 548 g/mol. The van der Waals surface area contributed by atoms with Crippen molar-refractivity contribution in [2.24, 2.45) is 0 Å². The molecule has 0 radical (unpaired) electrons. The largest absolute Gasteiger partial charge is 0.508 e. The first-order valence-corrected chi connectivity index (χ1v) is 12.1. The first-order valence-electron chi connectivity index (χ1n) is 12.1. The molecule has 2 aliphatic rings. The van der Waals surface area contributed by atoms with E-state index in [-0.39, 0.29) is 27.8 Å².